The summed E-state index contributed by atoms with van der Waals surface area (Å²) in [5.41, 5.74) is 2.66. The second-order valence-corrected chi connectivity index (χ2v) is 10.1. The molecule has 1 amide bonds. The molecule has 1 aromatic heterocycles. The molecule has 2 aliphatic rings. The van der Waals surface area contributed by atoms with Gasteiger partial charge < -0.3 is 4.90 Å². The van der Waals surface area contributed by atoms with Gasteiger partial charge in [0.05, 0.1) is 0 Å². The smallest absolute Gasteiger partial charge is 0.282 e. The molecule has 2 aromatic carbocycles. The summed E-state index contributed by atoms with van der Waals surface area (Å²) in [4.78, 5) is 33.7. The molecule has 0 spiro atoms. The number of benzene rings is 2. The second-order valence-electron chi connectivity index (χ2n) is 9.20. The number of halogens is 1. The predicted octanol–water partition coefficient (Wildman–Crippen LogP) is 5.15. The van der Waals surface area contributed by atoms with Crippen molar-refractivity contribution in [1.29, 1.82) is 0 Å². The lowest BCUT2D eigenvalue weighted by Crippen LogP contribution is -2.55. The minimum atomic E-state index is -0.252. The number of ketones is 1. The minimum absolute atomic E-state index is 0.0466. The number of carbonyl (C=O) groups is 2. The third kappa shape index (κ3) is 5.10. The molecule has 1 saturated heterocycles. The fourth-order valence-electron chi connectivity index (χ4n) is 4.96. The summed E-state index contributed by atoms with van der Waals surface area (Å²) in [6.45, 7) is 3.33. The Balaban J connectivity index is 1.03. The molecule has 1 aliphatic carbocycles. The van der Waals surface area contributed by atoms with E-state index in [2.05, 4.69) is 9.88 Å². The molecular formula is C27H28FN3O2S. The Morgan fingerprint density at radius 1 is 0.941 bits per heavy atom. The predicted molar refractivity (Wildman–Crippen MR) is 132 cm³/mol. The van der Waals surface area contributed by atoms with Crippen molar-refractivity contribution in [3.05, 3.63) is 76.5 Å². The molecule has 5 rings (SSSR count). The second kappa shape index (κ2) is 10.2. The van der Waals surface area contributed by atoms with Crippen molar-refractivity contribution in [1.82, 2.24) is 14.8 Å². The molecule has 34 heavy (non-hydrogen) atoms. The fourth-order valence-corrected chi connectivity index (χ4v) is 5.56. The largest absolute Gasteiger partial charge is 0.334 e. The van der Waals surface area contributed by atoms with Crippen LogP contribution >= 0.6 is 11.3 Å². The standard InChI is InChI=1S/C27H28FN3O2S/c28-23-8-6-21(7-9-23)20-2-4-22(5-3-20)25(32)10-1-19-17-24(18-19)30-12-14-31(15-13-30)27(33)26-29-11-16-34-26/h2-9,11,16,19,24H,1,10,12-15,17-18H2. The van der Waals surface area contributed by atoms with Crippen LogP contribution < -0.4 is 0 Å². The summed E-state index contributed by atoms with van der Waals surface area (Å²) in [6.07, 6.45) is 5.45. The van der Waals surface area contributed by atoms with Crippen molar-refractivity contribution in [2.45, 2.75) is 31.7 Å². The van der Waals surface area contributed by atoms with E-state index in [1.54, 1.807) is 18.3 Å². The lowest BCUT2D eigenvalue weighted by atomic mass is 9.76. The Morgan fingerprint density at radius 3 is 2.21 bits per heavy atom. The normalized spacial score (nSPS) is 20.7. The van der Waals surface area contributed by atoms with Crippen LogP contribution in [0.5, 0.6) is 0 Å². The average Bonchev–Trinajstić information content (AvgIpc) is 3.38. The summed E-state index contributed by atoms with van der Waals surface area (Å²) in [6, 6.07) is 14.6. The maximum Gasteiger partial charge on any atom is 0.282 e. The number of thiazole rings is 1. The zero-order valence-corrected chi connectivity index (χ0v) is 19.8. The van der Waals surface area contributed by atoms with Crippen molar-refractivity contribution >= 4 is 23.0 Å². The molecule has 176 valence electrons. The van der Waals surface area contributed by atoms with Crippen molar-refractivity contribution in [3.8, 4) is 11.1 Å². The highest BCUT2D eigenvalue weighted by atomic mass is 32.1. The number of aromatic nitrogens is 1. The monoisotopic (exact) mass is 477 g/mol. The van der Waals surface area contributed by atoms with Crippen LogP contribution in [0.1, 0.15) is 45.8 Å². The maximum atomic E-state index is 13.1. The van der Waals surface area contributed by atoms with Gasteiger partial charge >= 0.3 is 0 Å². The van der Waals surface area contributed by atoms with E-state index >= 15 is 0 Å². The Labute approximate surface area is 203 Å². The van der Waals surface area contributed by atoms with Gasteiger partial charge in [0.25, 0.3) is 5.91 Å². The van der Waals surface area contributed by atoms with E-state index in [9.17, 15) is 14.0 Å². The van der Waals surface area contributed by atoms with Crippen molar-refractivity contribution in [3.63, 3.8) is 0 Å². The summed E-state index contributed by atoms with van der Waals surface area (Å²) in [7, 11) is 0. The molecule has 0 bridgehead atoms. The number of carbonyl (C=O) groups excluding carboxylic acids is 2. The van der Waals surface area contributed by atoms with Crippen LogP contribution in [0.25, 0.3) is 11.1 Å². The minimum Gasteiger partial charge on any atom is -0.334 e. The van der Waals surface area contributed by atoms with E-state index in [1.165, 1.54) is 23.5 Å². The van der Waals surface area contributed by atoms with E-state index < -0.39 is 0 Å². The number of rotatable bonds is 7. The highest BCUT2D eigenvalue weighted by Gasteiger charge is 2.35. The van der Waals surface area contributed by atoms with E-state index in [1.807, 2.05) is 34.5 Å². The average molecular weight is 478 g/mol. The zero-order chi connectivity index (χ0) is 23.5. The van der Waals surface area contributed by atoms with Gasteiger partial charge in [-0.25, -0.2) is 9.37 Å². The SMILES string of the molecule is O=C(CCC1CC(N2CCN(C(=O)c3nccs3)CC2)C1)c1ccc(-c2ccc(F)cc2)cc1. The van der Waals surface area contributed by atoms with Crippen LogP contribution in [-0.4, -0.2) is 58.7 Å². The third-order valence-electron chi connectivity index (χ3n) is 7.11. The van der Waals surface area contributed by atoms with Crippen molar-refractivity contribution < 1.29 is 14.0 Å². The molecule has 0 radical (unpaired) electrons. The first-order valence-corrected chi connectivity index (χ1v) is 12.8. The lowest BCUT2D eigenvalue weighted by molar-refractivity contribution is 0.0270. The molecule has 1 saturated carbocycles. The van der Waals surface area contributed by atoms with Crippen LogP contribution in [0, 0.1) is 11.7 Å². The fraction of sp³-hybridized carbons (Fsp3) is 0.370. The number of hydrogen-bond donors (Lipinski definition) is 0. The van der Waals surface area contributed by atoms with Gasteiger partial charge in [-0.2, -0.15) is 0 Å². The molecule has 5 nitrogen and oxygen atoms in total. The molecule has 0 N–H and O–H groups in total. The Hall–Kier alpha value is -2.90. The first-order chi connectivity index (χ1) is 16.6. The first-order valence-electron chi connectivity index (χ1n) is 11.9. The Bertz CT molecular complexity index is 1120. The van der Waals surface area contributed by atoms with Crippen LogP contribution in [-0.2, 0) is 0 Å². The lowest BCUT2D eigenvalue weighted by Gasteiger charge is -2.46. The van der Waals surface area contributed by atoms with E-state index in [4.69, 9.17) is 0 Å². The van der Waals surface area contributed by atoms with Crippen molar-refractivity contribution in [2.75, 3.05) is 26.2 Å². The number of nitrogens with zero attached hydrogens (tertiary/aromatic N) is 3. The summed E-state index contributed by atoms with van der Waals surface area (Å²) < 4.78 is 13.1. The Kier molecular flexibility index (Phi) is 6.83. The Morgan fingerprint density at radius 2 is 1.59 bits per heavy atom. The van der Waals surface area contributed by atoms with Crippen LogP contribution in [0.3, 0.4) is 0 Å². The number of piperazine rings is 1. The van der Waals surface area contributed by atoms with E-state index in [0.717, 1.165) is 62.1 Å². The quantitative estimate of drug-likeness (QED) is 0.442. The van der Waals surface area contributed by atoms with Crippen LogP contribution in [0.2, 0.25) is 0 Å². The van der Waals surface area contributed by atoms with Gasteiger partial charge in [-0.15, -0.1) is 11.3 Å². The number of Topliss-reactive ketones (excluding diaryl/α,β-unsaturated/α-hetero) is 1. The molecule has 7 heteroatoms. The van der Waals surface area contributed by atoms with Gasteiger partial charge in [-0.05, 0) is 48.4 Å². The summed E-state index contributed by atoms with van der Waals surface area (Å²) >= 11 is 1.40. The maximum absolute atomic E-state index is 13.1. The van der Waals surface area contributed by atoms with Gasteiger partial charge in [0, 0.05) is 55.8 Å². The summed E-state index contributed by atoms with van der Waals surface area (Å²) in [5, 5.41) is 2.41. The van der Waals surface area contributed by atoms with Gasteiger partial charge in [0.1, 0.15) is 5.82 Å². The zero-order valence-electron chi connectivity index (χ0n) is 19.0. The summed E-state index contributed by atoms with van der Waals surface area (Å²) in [5.74, 6) is 0.578. The molecule has 2 heterocycles. The molecule has 2 fully saturated rings. The number of hydrogen-bond acceptors (Lipinski definition) is 5. The molecule has 1 aliphatic heterocycles. The highest BCUT2D eigenvalue weighted by molar-refractivity contribution is 7.11. The van der Waals surface area contributed by atoms with E-state index in [0.29, 0.717) is 23.4 Å². The van der Waals surface area contributed by atoms with Crippen LogP contribution in [0.15, 0.2) is 60.1 Å². The topological polar surface area (TPSA) is 53.5 Å². The first kappa shape index (κ1) is 22.9. The molecule has 0 atom stereocenters. The molecule has 3 aromatic rings. The van der Waals surface area contributed by atoms with Gasteiger partial charge in [-0.1, -0.05) is 36.4 Å². The van der Waals surface area contributed by atoms with Gasteiger partial charge in [0.15, 0.2) is 10.8 Å². The molecule has 0 unspecified atom stereocenters. The number of amides is 1. The van der Waals surface area contributed by atoms with Gasteiger partial charge in [0.2, 0.25) is 0 Å². The third-order valence-corrected chi connectivity index (χ3v) is 7.87. The molecular weight excluding hydrogens is 449 g/mol. The van der Waals surface area contributed by atoms with E-state index in [-0.39, 0.29) is 17.5 Å². The van der Waals surface area contributed by atoms with Crippen molar-refractivity contribution in [2.24, 2.45) is 5.92 Å². The van der Waals surface area contributed by atoms with Crippen LogP contribution in [0.4, 0.5) is 4.39 Å². The highest BCUT2D eigenvalue weighted by Crippen LogP contribution is 2.36. The van der Waals surface area contributed by atoms with Gasteiger partial charge in [-0.3, -0.25) is 14.5 Å².